The average molecular weight is 293 g/mol. The number of methoxy groups -OCH3 is 2. The second-order valence-corrected chi connectivity index (χ2v) is 4.37. The third kappa shape index (κ3) is 4.20. The number of hydrogen-bond donors (Lipinski definition) is 1. The highest BCUT2D eigenvalue weighted by atomic mass is 16.5. The second-order valence-electron chi connectivity index (χ2n) is 4.37. The monoisotopic (exact) mass is 293 g/mol. The maximum atomic E-state index is 5.26. The van der Waals surface area contributed by atoms with Crippen LogP contribution in [-0.2, 0) is 11.2 Å². The maximum absolute atomic E-state index is 5.26. The summed E-state index contributed by atoms with van der Waals surface area (Å²) in [6.07, 6.45) is 1.99. The van der Waals surface area contributed by atoms with Gasteiger partial charge in [-0.2, -0.15) is 4.98 Å². The number of aromatic nitrogens is 4. The van der Waals surface area contributed by atoms with Crippen molar-refractivity contribution in [1.82, 2.24) is 25.4 Å². The summed E-state index contributed by atoms with van der Waals surface area (Å²) in [7, 11) is 3.20. The molecule has 0 radical (unpaired) electrons. The van der Waals surface area contributed by atoms with Gasteiger partial charge in [0.1, 0.15) is 12.0 Å². The van der Waals surface area contributed by atoms with E-state index in [2.05, 4.69) is 25.4 Å². The van der Waals surface area contributed by atoms with E-state index in [0.717, 1.165) is 6.54 Å². The van der Waals surface area contributed by atoms with E-state index in [1.165, 1.54) is 6.33 Å². The van der Waals surface area contributed by atoms with Crippen molar-refractivity contribution in [3.8, 4) is 17.4 Å². The van der Waals surface area contributed by atoms with E-state index in [1.807, 2.05) is 6.92 Å². The number of ether oxygens (including phenoxy) is 2. The van der Waals surface area contributed by atoms with Crippen LogP contribution in [-0.4, -0.2) is 53.5 Å². The molecule has 114 valence electrons. The van der Waals surface area contributed by atoms with Gasteiger partial charge >= 0.3 is 0 Å². The van der Waals surface area contributed by atoms with Crippen molar-refractivity contribution in [3.05, 3.63) is 18.3 Å². The van der Waals surface area contributed by atoms with Crippen molar-refractivity contribution in [2.75, 3.05) is 27.4 Å². The Bertz CT molecular complexity index is 554. The van der Waals surface area contributed by atoms with Crippen LogP contribution < -0.4 is 10.1 Å². The first kappa shape index (κ1) is 15.3. The van der Waals surface area contributed by atoms with Gasteiger partial charge in [-0.1, -0.05) is 12.1 Å². The van der Waals surface area contributed by atoms with Gasteiger partial charge in [-0.3, -0.25) is 0 Å². The van der Waals surface area contributed by atoms with Crippen molar-refractivity contribution in [2.45, 2.75) is 19.4 Å². The minimum absolute atomic E-state index is 0.133. The molecule has 2 aromatic heterocycles. The Morgan fingerprint density at radius 3 is 2.90 bits per heavy atom. The molecule has 8 nitrogen and oxygen atoms in total. The molecule has 0 aromatic carbocycles. The summed E-state index contributed by atoms with van der Waals surface area (Å²) in [4.78, 5) is 12.4. The third-order valence-corrected chi connectivity index (χ3v) is 2.83. The van der Waals surface area contributed by atoms with Gasteiger partial charge in [0.05, 0.1) is 13.7 Å². The fraction of sp³-hybridized carbons (Fsp3) is 0.538. The number of nitrogens with one attached hydrogen (secondary N) is 1. The third-order valence-electron chi connectivity index (χ3n) is 2.83. The summed E-state index contributed by atoms with van der Waals surface area (Å²) < 4.78 is 15.5. The van der Waals surface area contributed by atoms with Crippen LogP contribution >= 0.6 is 0 Å². The Kier molecular flexibility index (Phi) is 5.59. The summed E-state index contributed by atoms with van der Waals surface area (Å²) in [5, 5.41) is 7.24. The normalized spacial score (nSPS) is 12.3. The molecule has 0 aliphatic carbocycles. The van der Waals surface area contributed by atoms with Gasteiger partial charge in [-0.25, -0.2) is 9.97 Å². The Morgan fingerprint density at radius 1 is 1.33 bits per heavy atom. The van der Waals surface area contributed by atoms with Crippen LogP contribution in [0.4, 0.5) is 0 Å². The van der Waals surface area contributed by atoms with Crippen LogP contribution in [0.3, 0.4) is 0 Å². The van der Waals surface area contributed by atoms with E-state index in [-0.39, 0.29) is 6.04 Å². The van der Waals surface area contributed by atoms with Crippen LogP contribution in [0.15, 0.2) is 16.9 Å². The molecule has 0 bridgehead atoms. The molecule has 0 amide bonds. The first-order chi connectivity index (χ1) is 10.3. The molecule has 0 spiro atoms. The molecule has 21 heavy (non-hydrogen) atoms. The summed E-state index contributed by atoms with van der Waals surface area (Å²) in [5.74, 6) is 1.40. The summed E-state index contributed by atoms with van der Waals surface area (Å²) in [6, 6.07) is 1.79. The van der Waals surface area contributed by atoms with E-state index >= 15 is 0 Å². The molecule has 0 aliphatic heterocycles. The molecular weight excluding hydrogens is 274 g/mol. The molecule has 0 fully saturated rings. The molecule has 1 N–H and O–H groups in total. The molecule has 2 rings (SSSR count). The lowest BCUT2D eigenvalue weighted by molar-refractivity contribution is 0.162. The van der Waals surface area contributed by atoms with Gasteiger partial charge in [0, 0.05) is 25.6 Å². The van der Waals surface area contributed by atoms with E-state index in [0.29, 0.717) is 36.3 Å². The highest BCUT2D eigenvalue weighted by Crippen LogP contribution is 2.16. The molecule has 8 heteroatoms. The van der Waals surface area contributed by atoms with Crippen molar-refractivity contribution < 1.29 is 14.0 Å². The zero-order valence-electron chi connectivity index (χ0n) is 12.4. The number of hydrogen-bond acceptors (Lipinski definition) is 8. The van der Waals surface area contributed by atoms with E-state index < -0.39 is 0 Å². The van der Waals surface area contributed by atoms with Crippen molar-refractivity contribution in [2.24, 2.45) is 0 Å². The zero-order chi connectivity index (χ0) is 15.1. The van der Waals surface area contributed by atoms with Gasteiger partial charge < -0.3 is 19.3 Å². The zero-order valence-corrected chi connectivity index (χ0v) is 12.4. The highest BCUT2D eigenvalue weighted by Gasteiger charge is 2.15. The second kappa shape index (κ2) is 7.65. The quantitative estimate of drug-likeness (QED) is 0.760. The summed E-state index contributed by atoms with van der Waals surface area (Å²) in [5.41, 5.74) is 0.559. The predicted octanol–water partition coefficient (Wildman–Crippen LogP) is 0.702. The van der Waals surface area contributed by atoms with Crippen LogP contribution in [0.25, 0.3) is 11.5 Å². The SMILES string of the molecule is CCNC(COC)Cc1nc(-c2cc(OC)ncn2)no1. The minimum Gasteiger partial charge on any atom is -0.481 e. The fourth-order valence-corrected chi connectivity index (χ4v) is 1.91. The number of rotatable bonds is 8. The van der Waals surface area contributed by atoms with Crippen molar-refractivity contribution in [3.63, 3.8) is 0 Å². The number of nitrogens with zero attached hydrogens (tertiary/aromatic N) is 4. The molecule has 1 unspecified atom stereocenters. The predicted molar refractivity (Wildman–Crippen MR) is 74.9 cm³/mol. The number of likely N-dealkylation sites (N-methyl/N-ethyl adjacent to an activating group) is 1. The molecule has 2 aromatic rings. The van der Waals surface area contributed by atoms with Crippen LogP contribution in [0.1, 0.15) is 12.8 Å². The smallest absolute Gasteiger partial charge is 0.228 e. The average Bonchev–Trinajstić information content (AvgIpc) is 2.96. The van der Waals surface area contributed by atoms with E-state index in [9.17, 15) is 0 Å². The van der Waals surface area contributed by atoms with E-state index in [4.69, 9.17) is 14.0 Å². The first-order valence-electron chi connectivity index (χ1n) is 6.68. The van der Waals surface area contributed by atoms with Gasteiger partial charge in [0.2, 0.25) is 17.6 Å². The Labute approximate surface area is 122 Å². The van der Waals surface area contributed by atoms with Crippen molar-refractivity contribution >= 4 is 0 Å². The first-order valence-corrected chi connectivity index (χ1v) is 6.68. The van der Waals surface area contributed by atoms with Gasteiger partial charge in [0.25, 0.3) is 0 Å². The lowest BCUT2D eigenvalue weighted by atomic mass is 10.2. The lowest BCUT2D eigenvalue weighted by Crippen LogP contribution is -2.35. The standard InChI is InChI=1S/C13H19N5O3/c1-4-14-9(7-19-2)5-12-17-13(18-21-12)10-6-11(20-3)16-8-15-10/h6,8-9,14H,4-5,7H2,1-3H3. The molecule has 0 saturated heterocycles. The Morgan fingerprint density at radius 2 is 2.19 bits per heavy atom. The summed E-state index contributed by atoms with van der Waals surface area (Å²) >= 11 is 0. The molecular formula is C13H19N5O3. The molecule has 1 atom stereocenters. The van der Waals surface area contributed by atoms with Crippen LogP contribution in [0.5, 0.6) is 5.88 Å². The summed E-state index contributed by atoms with van der Waals surface area (Å²) in [6.45, 7) is 3.46. The lowest BCUT2D eigenvalue weighted by Gasteiger charge is -2.14. The minimum atomic E-state index is 0.133. The fourth-order valence-electron chi connectivity index (χ4n) is 1.91. The van der Waals surface area contributed by atoms with Crippen LogP contribution in [0, 0.1) is 0 Å². The highest BCUT2D eigenvalue weighted by molar-refractivity contribution is 5.49. The topological polar surface area (TPSA) is 95.2 Å². The molecule has 2 heterocycles. The van der Waals surface area contributed by atoms with Gasteiger partial charge in [0.15, 0.2) is 0 Å². The van der Waals surface area contributed by atoms with Gasteiger partial charge in [-0.15, -0.1) is 0 Å². The van der Waals surface area contributed by atoms with Gasteiger partial charge in [-0.05, 0) is 6.54 Å². The van der Waals surface area contributed by atoms with E-state index in [1.54, 1.807) is 20.3 Å². The Balaban J connectivity index is 2.09. The molecule has 0 saturated carbocycles. The molecule has 0 aliphatic rings. The van der Waals surface area contributed by atoms with Crippen LogP contribution in [0.2, 0.25) is 0 Å². The Hall–Kier alpha value is -2.06. The maximum Gasteiger partial charge on any atom is 0.228 e. The van der Waals surface area contributed by atoms with Crippen molar-refractivity contribution in [1.29, 1.82) is 0 Å². The largest absolute Gasteiger partial charge is 0.481 e.